The van der Waals surface area contributed by atoms with Gasteiger partial charge >= 0.3 is 0 Å². The lowest BCUT2D eigenvalue weighted by Gasteiger charge is -2.06. The third-order valence-electron chi connectivity index (χ3n) is 2.34. The topological polar surface area (TPSA) is 53.1 Å². The molecule has 0 amide bonds. The summed E-state index contributed by atoms with van der Waals surface area (Å²) in [6.45, 7) is 1.32. The average molecular weight is 246 g/mol. The van der Waals surface area contributed by atoms with Crippen molar-refractivity contribution in [1.29, 1.82) is 0 Å². The quantitative estimate of drug-likeness (QED) is 0.701. The molecular weight excluding hydrogens is 240 g/mol. The number of nitrogens with one attached hydrogen (secondary N) is 1. The maximum absolute atomic E-state index is 13.6. The van der Waals surface area contributed by atoms with Gasteiger partial charge in [0.25, 0.3) is 5.56 Å². The van der Waals surface area contributed by atoms with E-state index < -0.39 is 28.0 Å². The van der Waals surface area contributed by atoms with E-state index in [1.54, 1.807) is 0 Å². The summed E-state index contributed by atoms with van der Waals surface area (Å²) >= 11 is 5.37. The van der Waals surface area contributed by atoms with Crippen molar-refractivity contribution in [3.05, 3.63) is 38.6 Å². The van der Waals surface area contributed by atoms with Gasteiger partial charge in [0.1, 0.15) is 16.6 Å². The largest absolute Gasteiger partial charge is 0.507 e. The Bertz CT molecular complexity index is 652. The van der Waals surface area contributed by atoms with Crippen molar-refractivity contribution in [1.82, 2.24) is 4.98 Å². The molecule has 1 heterocycles. The van der Waals surface area contributed by atoms with Gasteiger partial charge in [0, 0.05) is 0 Å². The van der Waals surface area contributed by atoms with E-state index in [0.717, 1.165) is 6.07 Å². The fraction of sp³-hybridized carbons (Fsp3) is 0.100. The van der Waals surface area contributed by atoms with E-state index in [2.05, 4.69) is 4.98 Å². The number of aromatic nitrogens is 1. The SMILES string of the molecule is Cc1c(O)c2c(F)c(Cl)c(F)cc2[nH]c1=O. The predicted molar refractivity (Wildman–Crippen MR) is 55.9 cm³/mol. The van der Waals surface area contributed by atoms with Gasteiger partial charge in [-0.3, -0.25) is 4.79 Å². The number of pyridine rings is 1. The summed E-state index contributed by atoms with van der Waals surface area (Å²) in [6, 6.07) is 0.862. The number of H-pyrrole nitrogens is 1. The van der Waals surface area contributed by atoms with Gasteiger partial charge in [-0.05, 0) is 13.0 Å². The molecule has 0 fully saturated rings. The van der Waals surface area contributed by atoms with Crippen LogP contribution in [0, 0.1) is 18.6 Å². The fourth-order valence-electron chi connectivity index (χ4n) is 1.44. The van der Waals surface area contributed by atoms with Crippen LogP contribution in [0.1, 0.15) is 5.56 Å². The number of aromatic amines is 1. The minimum absolute atomic E-state index is 0.0472. The highest BCUT2D eigenvalue weighted by molar-refractivity contribution is 6.31. The second kappa shape index (κ2) is 3.45. The van der Waals surface area contributed by atoms with E-state index in [9.17, 15) is 18.7 Å². The molecule has 2 N–H and O–H groups in total. The van der Waals surface area contributed by atoms with Crippen LogP contribution in [0.25, 0.3) is 10.9 Å². The van der Waals surface area contributed by atoms with Gasteiger partial charge in [0.2, 0.25) is 0 Å². The van der Waals surface area contributed by atoms with E-state index in [0.29, 0.717) is 0 Å². The number of hydrogen-bond acceptors (Lipinski definition) is 2. The molecule has 6 heteroatoms. The number of halogens is 3. The molecule has 0 aliphatic carbocycles. The van der Waals surface area contributed by atoms with Crippen LogP contribution in [0.5, 0.6) is 5.75 Å². The van der Waals surface area contributed by atoms with E-state index in [1.165, 1.54) is 6.92 Å². The normalized spacial score (nSPS) is 11.0. The number of hydrogen-bond donors (Lipinski definition) is 2. The van der Waals surface area contributed by atoms with Gasteiger partial charge in [0.15, 0.2) is 5.82 Å². The standard InChI is InChI=1S/C10H6ClF2NO2/c1-3-9(15)6-5(14-10(3)16)2-4(12)7(11)8(6)13/h2H,1H3,(H2,14,15,16). The number of aromatic hydroxyl groups is 1. The molecule has 0 unspecified atom stereocenters. The Morgan fingerprint density at radius 2 is 2.06 bits per heavy atom. The molecule has 84 valence electrons. The molecule has 0 aliphatic rings. The van der Waals surface area contributed by atoms with E-state index in [-0.39, 0.29) is 16.5 Å². The summed E-state index contributed by atoms with van der Waals surface area (Å²) in [7, 11) is 0. The van der Waals surface area contributed by atoms with Crippen molar-refractivity contribution in [3.63, 3.8) is 0 Å². The van der Waals surface area contributed by atoms with Gasteiger partial charge in [-0.25, -0.2) is 8.78 Å². The van der Waals surface area contributed by atoms with Crippen molar-refractivity contribution in [2.24, 2.45) is 0 Å². The molecule has 2 aromatic rings. The second-order valence-corrected chi connectivity index (χ2v) is 3.71. The highest BCUT2D eigenvalue weighted by Crippen LogP contribution is 2.32. The maximum atomic E-state index is 13.6. The summed E-state index contributed by atoms with van der Waals surface area (Å²) in [5, 5.41) is 8.59. The van der Waals surface area contributed by atoms with Gasteiger partial charge < -0.3 is 10.1 Å². The zero-order chi connectivity index (χ0) is 12.0. The molecule has 16 heavy (non-hydrogen) atoms. The summed E-state index contributed by atoms with van der Waals surface area (Å²) in [5.74, 6) is -2.61. The first-order valence-corrected chi connectivity index (χ1v) is 4.70. The van der Waals surface area contributed by atoms with Crippen LogP contribution in [-0.4, -0.2) is 10.1 Å². The lowest BCUT2D eigenvalue weighted by atomic mass is 10.1. The van der Waals surface area contributed by atoms with Crippen LogP contribution >= 0.6 is 11.6 Å². The minimum Gasteiger partial charge on any atom is -0.507 e. The molecule has 2 rings (SSSR count). The Morgan fingerprint density at radius 3 is 2.69 bits per heavy atom. The van der Waals surface area contributed by atoms with Crippen LogP contribution in [0.3, 0.4) is 0 Å². The molecule has 3 nitrogen and oxygen atoms in total. The minimum atomic E-state index is -1.09. The smallest absolute Gasteiger partial charge is 0.255 e. The van der Waals surface area contributed by atoms with Crippen molar-refractivity contribution < 1.29 is 13.9 Å². The van der Waals surface area contributed by atoms with E-state index >= 15 is 0 Å². The third-order valence-corrected chi connectivity index (χ3v) is 2.69. The maximum Gasteiger partial charge on any atom is 0.255 e. The lowest BCUT2D eigenvalue weighted by Crippen LogP contribution is -2.10. The van der Waals surface area contributed by atoms with Crippen LogP contribution in [0.4, 0.5) is 8.78 Å². The number of rotatable bonds is 0. The molecule has 1 aromatic heterocycles. The van der Waals surface area contributed by atoms with Gasteiger partial charge in [-0.1, -0.05) is 11.6 Å². The predicted octanol–water partition coefficient (Wildman–Crippen LogP) is 2.47. The molecule has 0 atom stereocenters. The zero-order valence-electron chi connectivity index (χ0n) is 8.07. The first-order chi connectivity index (χ1) is 7.43. The Morgan fingerprint density at radius 1 is 1.44 bits per heavy atom. The van der Waals surface area contributed by atoms with Crippen LogP contribution in [0.2, 0.25) is 5.02 Å². The van der Waals surface area contributed by atoms with Crippen molar-refractivity contribution in [2.45, 2.75) is 6.92 Å². The number of fused-ring (bicyclic) bond motifs is 1. The Kier molecular flexibility index (Phi) is 2.35. The van der Waals surface area contributed by atoms with Crippen LogP contribution in [-0.2, 0) is 0 Å². The zero-order valence-corrected chi connectivity index (χ0v) is 8.82. The summed E-state index contributed by atoms with van der Waals surface area (Å²) in [6.07, 6.45) is 0. The first kappa shape index (κ1) is 10.9. The highest BCUT2D eigenvalue weighted by atomic mass is 35.5. The Balaban J connectivity index is 3.09. The molecule has 0 spiro atoms. The van der Waals surface area contributed by atoms with Gasteiger partial charge in [0.05, 0.1) is 16.5 Å². The average Bonchev–Trinajstić information content (AvgIpc) is 2.23. The van der Waals surface area contributed by atoms with Crippen molar-refractivity contribution in [2.75, 3.05) is 0 Å². The molecular formula is C10H6ClF2NO2. The molecule has 1 aromatic carbocycles. The van der Waals surface area contributed by atoms with Gasteiger partial charge in [-0.2, -0.15) is 0 Å². The summed E-state index contributed by atoms with van der Waals surface area (Å²) in [5.41, 5.74) is -0.785. The molecule has 0 saturated carbocycles. The molecule has 0 bridgehead atoms. The molecule has 0 aliphatic heterocycles. The van der Waals surface area contributed by atoms with Crippen molar-refractivity contribution in [3.8, 4) is 5.75 Å². The lowest BCUT2D eigenvalue weighted by molar-refractivity contribution is 0.472. The van der Waals surface area contributed by atoms with Gasteiger partial charge in [-0.15, -0.1) is 0 Å². The summed E-state index contributed by atoms with van der Waals surface area (Å²) in [4.78, 5) is 13.5. The van der Waals surface area contributed by atoms with Crippen LogP contribution in [0.15, 0.2) is 10.9 Å². The highest BCUT2D eigenvalue weighted by Gasteiger charge is 2.17. The monoisotopic (exact) mass is 245 g/mol. The fourth-order valence-corrected chi connectivity index (χ4v) is 1.59. The Labute approximate surface area is 93.3 Å². The number of benzene rings is 1. The Hall–Kier alpha value is -1.62. The molecule has 0 radical (unpaired) electrons. The van der Waals surface area contributed by atoms with E-state index in [4.69, 9.17) is 11.6 Å². The van der Waals surface area contributed by atoms with Crippen molar-refractivity contribution >= 4 is 22.5 Å². The summed E-state index contributed by atoms with van der Waals surface area (Å²) < 4.78 is 26.7. The van der Waals surface area contributed by atoms with Crippen LogP contribution < -0.4 is 5.56 Å². The first-order valence-electron chi connectivity index (χ1n) is 4.32. The van der Waals surface area contributed by atoms with E-state index in [1.807, 2.05) is 0 Å². The molecule has 0 saturated heterocycles. The second-order valence-electron chi connectivity index (χ2n) is 3.34. The third kappa shape index (κ3) is 1.36.